The highest BCUT2D eigenvalue weighted by Gasteiger charge is 2.44. The van der Waals surface area contributed by atoms with Gasteiger partial charge in [-0.25, -0.2) is 5.84 Å². The molecular weight excluding hydrogens is 594 g/mol. The zero-order chi connectivity index (χ0) is 31.8. The van der Waals surface area contributed by atoms with Gasteiger partial charge in [0.15, 0.2) is 0 Å². The third kappa shape index (κ3) is 5.92. The van der Waals surface area contributed by atoms with Gasteiger partial charge in [0, 0.05) is 42.8 Å². The Bertz CT molecular complexity index is 1650. The molecule has 0 aromatic heterocycles. The summed E-state index contributed by atoms with van der Waals surface area (Å²) in [6.45, 7) is 1.20. The SMILES string of the molecule is CN(N)c1ccc(COc2ccc(Cl)c3c2C(CN2Cc4ccccc4C2=O)N(C(=O)C2CCCCC2C(=O)O)CC3)cc1N. The monoisotopic (exact) mass is 631 g/mol. The second-order valence-electron chi connectivity index (χ2n) is 12.2. The van der Waals surface area contributed by atoms with Gasteiger partial charge >= 0.3 is 5.97 Å². The van der Waals surface area contributed by atoms with Crippen LogP contribution in [0.15, 0.2) is 54.6 Å². The lowest BCUT2D eigenvalue weighted by molar-refractivity contribution is -0.153. The number of hydrogen-bond acceptors (Lipinski definition) is 7. The lowest BCUT2D eigenvalue weighted by Crippen LogP contribution is -2.50. The lowest BCUT2D eigenvalue weighted by Gasteiger charge is -2.43. The maximum atomic E-state index is 14.3. The minimum absolute atomic E-state index is 0.101. The number of carboxylic acids is 1. The molecule has 1 aliphatic carbocycles. The standard InChI is InChI=1S/C34H38ClN5O5/c1-38(37)28-12-10-20(16-27(28)36)19-45-30-13-11-26(35)25-14-15-40(33(42)23-8-4-5-9-24(23)34(43)44)29(31(25)30)18-39-17-21-6-2-3-7-22(21)32(39)41/h2-3,6-7,10-13,16,23-24,29H,4-5,8-9,14-15,17-19,36-37H2,1H3,(H,43,44). The first-order valence-corrected chi connectivity index (χ1v) is 15.7. The summed E-state index contributed by atoms with van der Waals surface area (Å²) < 4.78 is 6.42. The summed E-state index contributed by atoms with van der Waals surface area (Å²) in [7, 11) is 1.71. The Morgan fingerprint density at radius 2 is 1.84 bits per heavy atom. The highest BCUT2D eigenvalue weighted by Crippen LogP contribution is 2.44. The van der Waals surface area contributed by atoms with Crippen molar-refractivity contribution in [2.75, 3.05) is 30.9 Å². The summed E-state index contributed by atoms with van der Waals surface area (Å²) >= 11 is 6.77. The molecule has 45 heavy (non-hydrogen) atoms. The number of ether oxygens (including phenoxy) is 1. The molecule has 3 aliphatic rings. The molecule has 2 amide bonds. The van der Waals surface area contributed by atoms with Gasteiger partial charge in [0.05, 0.1) is 29.3 Å². The van der Waals surface area contributed by atoms with Crippen LogP contribution in [0.5, 0.6) is 5.75 Å². The number of hydrogen-bond donors (Lipinski definition) is 3. The minimum Gasteiger partial charge on any atom is -0.489 e. The molecule has 1 saturated carbocycles. The van der Waals surface area contributed by atoms with Crippen molar-refractivity contribution < 1.29 is 24.2 Å². The predicted octanol–water partition coefficient (Wildman–Crippen LogP) is 4.78. The van der Waals surface area contributed by atoms with Gasteiger partial charge in [0.1, 0.15) is 12.4 Å². The van der Waals surface area contributed by atoms with E-state index in [0.717, 1.165) is 35.1 Å². The van der Waals surface area contributed by atoms with E-state index in [1.807, 2.05) is 42.5 Å². The average Bonchev–Trinajstić information content (AvgIpc) is 3.35. The molecule has 0 saturated heterocycles. The van der Waals surface area contributed by atoms with E-state index in [1.165, 1.54) is 5.01 Å². The highest BCUT2D eigenvalue weighted by molar-refractivity contribution is 6.31. The Morgan fingerprint density at radius 3 is 2.56 bits per heavy atom. The second-order valence-corrected chi connectivity index (χ2v) is 12.6. The molecule has 5 N–H and O–H groups in total. The first-order valence-electron chi connectivity index (χ1n) is 15.4. The number of carbonyl (C=O) groups is 3. The van der Waals surface area contributed by atoms with Crippen molar-refractivity contribution in [3.8, 4) is 5.75 Å². The topological polar surface area (TPSA) is 142 Å². The van der Waals surface area contributed by atoms with Gasteiger partial charge in [-0.05, 0) is 66.3 Å². The number of nitrogens with zero attached hydrogens (tertiary/aromatic N) is 3. The Labute approximate surface area is 267 Å². The van der Waals surface area contributed by atoms with E-state index in [2.05, 4.69) is 0 Å². The molecule has 3 unspecified atom stereocenters. The summed E-state index contributed by atoms with van der Waals surface area (Å²) in [5, 5.41) is 12.0. The maximum absolute atomic E-state index is 14.3. The molecule has 2 heterocycles. The van der Waals surface area contributed by atoms with E-state index in [-0.39, 0.29) is 25.0 Å². The van der Waals surface area contributed by atoms with E-state index in [4.69, 9.17) is 27.9 Å². The fourth-order valence-corrected chi connectivity index (χ4v) is 7.40. The molecule has 3 atom stereocenters. The van der Waals surface area contributed by atoms with Crippen LogP contribution in [0.4, 0.5) is 11.4 Å². The second kappa shape index (κ2) is 12.6. The van der Waals surface area contributed by atoms with Gasteiger partial charge in [-0.15, -0.1) is 0 Å². The van der Waals surface area contributed by atoms with Crippen molar-refractivity contribution >= 4 is 40.8 Å². The number of nitrogen functional groups attached to an aromatic ring is 1. The number of nitrogens with two attached hydrogens (primary N) is 2. The molecule has 10 nitrogen and oxygen atoms in total. The Kier molecular flexibility index (Phi) is 8.61. The van der Waals surface area contributed by atoms with Crippen LogP contribution < -0.4 is 21.3 Å². The first-order chi connectivity index (χ1) is 21.6. The van der Waals surface area contributed by atoms with E-state index in [9.17, 15) is 19.5 Å². The summed E-state index contributed by atoms with van der Waals surface area (Å²) in [4.78, 5) is 43.6. The smallest absolute Gasteiger partial charge is 0.307 e. The Morgan fingerprint density at radius 1 is 1.09 bits per heavy atom. The van der Waals surface area contributed by atoms with Crippen LogP contribution in [0.1, 0.15) is 64.3 Å². The number of anilines is 2. The third-order valence-electron chi connectivity index (χ3n) is 9.41. The minimum atomic E-state index is -0.939. The molecule has 236 valence electrons. The van der Waals surface area contributed by atoms with Gasteiger partial charge in [-0.3, -0.25) is 14.4 Å². The molecule has 3 aromatic rings. The van der Waals surface area contributed by atoms with Crippen LogP contribution in [0.2, 0.25) is 5.02 Å². The Balaban J connectivity index is 1.37. The first kappa shape index (κ1) is 30.7. The fraction of sp³-hybridized carbons (Fsp3) is 0.382. The lowest BCUT2D eigenvalue weighted by atomic mass is 9.77. The third-order valence-corrected chi connectivity index (χ3v) is 9.77. The van der Waals surface area contributed by atoms with Crippen molar-refractivity contribution in [2.24, 2.45) is 17.7 Å². The van der Waals surface area contributed by atoms with Crippen molar-refractivity contribution in [2.45, 2.75) is 51.3 Å². The fourth-order valence-electron chi connectivity index (χ4n) is 7.14. The largest absolute Gasteiger partial charge is 0.489 e. The molecule has 1 fully saturated rings. The number of benzene rings is 3. The Hall–Kier alpha value is -4.28. The van der Waals surface area contributed by atoms with Crippen LogP contribution in [0, 0.1) is 11.8 Å². The van der Waals surface area contributed by atoms with Gasteiger partial charge < -0.3 is 30.4 Å². The zero-order valence-electron chi connectivity index (χ0n) is 25.2. The number of carboxylic acid groups (broad SMARTS) is 1. The molecule has 3 aromatic carbocycles. The van der Waals surface area contributed by atoms with Crippen molar-refractivity contribution in [1.82, 2.24) is 9.80 Å². The van der Waals surface area contributed by atoms with Gasteiger partial charge in [0.25, 0.3) is 5.91 Å². The molecule has 11 heteroatoms. The van der Waals surface area contributed by atoms with E-state index < -0.39 is 23.8 Å². The van der Waals surface area contributed by atoms with E-state index in [1.54, 1.807) is 29.0 Å². The quantitative estimate of drug-likeness (QED) is 0.183. The number of fused-ring (bicyclic) bond motifs is 2. The number of halogens is 1. The molecule has 6 rings (SSSR count). The predicted molar refractivity (Wildman–Crippen MR) is 172 cm³/mol. The van der Waals surface area contributed by atoms with Crippen LogP contribution in [-0.2, 0) is 29.2 Å². The van der Waals surface area contributed by atoms with Crippen LogP contribution >= 0.6 is 11.6 Å². The zero-order valence-corrected chi connectivity index (χ0v) is 26.0. The highest BCUT2D eigenvalue weighted by atomic mass is 35.5. The van der Waals surface area contributed by atoms with Crippen molar-refractivity contribution in [3.05, 3.63) is 87.4 Å². The van der Waals surface area contributed by atoms with Crippen LogP contribution in [-0.4, -0.2) is 52.8 Å². The molecular formula is C34H38ClN5O5. The maximum Gasteiger partial charge on any atom is 0.307 e. The summed E-state index contributed by atoms with van der Waals surface area (Å²) in [5.74, 6) is 3.83. The summed E-state index contributed by atoms with van der Waals surface area (Å²) in [5.41, 5.74) is 11.5. The number of hydrazine groups is 1. The number of carbonyl (C=O) groups excluding carboxylic acids is 2. The molecule has 0 spiro atoms. The molecule has 2 aliphatic heterocycles. The van der Waals surface area contributed by atoms with Gasteiger partial charge in [0.2, 0.25) is 5.91 Å². The summed E-state index contributed by atoms with van der Waals surface area (Å²) in [6, 6.07) is 16.1. The van der Waals surface area contributed by atoms with Crippen molar-refractivity contribution in [3.63, 3.8) is 0 Å². The number of amides is 2. The van der Waals surface area contributed by atoms with Crippen LogP contribution in [0.3, 0.4) is 0 Å². The van der Waals surface area contributed by atoms with E-state index >= 15 is 0 Å². The van der Waals surface area contributed by atoms with Gasteiger partial charge in [-0.1, -0.05) is 48.7 Å². The van der Waals surface area contributed by atoms with Crippen molar-refractivity contribution in [1.29, 1.82) is 0 Å². The van der Waals surface area contributed by atoms with Crippen LogP contribution in [0.25, 0.3) is 0 Å². The molecule has 0 radical (unpaired) electrons. The van der Waals surface area contributed by atoms with Gasteiger partial charge in [-0.2, -0.15) is 0 Å². The average molecular weight is 632 g/mol. The summed E-state index contributed by atoms with van der Waals surface area (Å²) in [6.07, 6.45) is 3.07. The van der Waals surface area contributed by atoms with E-state index in [0.29, 0.717) is 60.1 Å². The number of aliphatic carboxylic acids is 1. The number of rotatable bonds is 8. The normalized spacial score (nSPS) is 20.9. The molecule has 0 bridgehead atoms.